The number of halogens is 1. The predicted octanol–water partition coefficient (Wildman–Crippen LogP) is 3.07. The summed E-state index contributed by atoms with van der Waals surface area (Å²) in [6, 6.07) is 9.19. The Hall–Kier alpha value is -3.46. The summed E-state index contributed by atoms with van der Waals surface area (Å²) in [4.78, 5) is 21.6. The number of allylic oxidation sites excluding steroid dienone is 1. The van der Waals surface area contributed by atoms with Crippen molar-refractivity contribution in [2.24, 2.45) is 4.99 Å². The lowest BCUT2D eigenvalue weighted by Crippen LogP contribution is -2.33. The first-order valence-corrected chi connectivity index (χ1v) is 8.35. The van der Waals surface area contributed by atoms with Crippen molar-refractivity contribution in [3.63, 3.8) is 0 Å². The molecule has 1 atom stereocenters. The highest BCUT2D eigenvalue weighted by atomic mass is 19.1. The fourth-order valence-electron chi connectivity index (χ4n) is 2.93. The maximum atomic E-state index is 13.6. The van der Waals surface area contributed by atoms with Gasteiger partial charge in [0.05, 0.1) is 5.57 Å². The van der Waals surface area contributed by atoms with Gasteiger partial charge in [0.1, 0.15) is 17.6 Å². The Morgan fingerprint density at radius 3 is 2.81 bits per heavy atom. The molecule has 27 heavy (non-hydrogen) atoms. The van der Waals surface area contributed by atoms with Crippen molar-refractivity contribution in [1.82, 2.24) is 10.3 Å². The summed E-state index contributed by atoms with van der Waals surface area (Å²) >= 11 is 0. The van der Waals surface area contributed by atoms with Crippen molar-refractivity contribution in [2.45, 2.75) is 19.9 Å². The second-order valence-corrected chi connectivity index (χ2v) is 6.04. The van der Waals surface area contributed by atoms with E-state index in [0.717, 1.165) is 0 Å². The number of nitrogens with one attached hydrogen (secondary N) is 1. The first-order valence-electron chi connectivity index (χ1n) is 8.35. The molecule has 1 unspecified atom stereocenters. The third kappa shape index (κ3) is 3.87. The Balaban J connectivity index is 2.10. The predicted molar refractivity (Wildman–Crippen MR) is 100 cm³/mol. The lowest BCUT2D eigenvalue weighted by Gasteiger charge is -2.26. The van der Waals surface area contributed by atoms with Gasteiger partial charge in [-0.05, 0) is 49.2 Å². The van der Waals surface area contributed by atoms with Crippen molar-refractivity contribution >= 4 is 11.8 Å². The van der Waals surface area contributed by atoms with Crippen molar-refractivity contribution in [2.75, 3.05) is 6.61 Å². The van der Waals surface area contributed by atoms with Crippen LogP contribution in [0.15, 0.2) is 58.9 Å². The molecule has 1 aromatic heterocycles. The van der Waals surface area contributed by atoms with E-state index in [9.17, 15) is 9.18 Å². The zero-order chi connectivity index (χ0) is 19.4. The summed E-state index contributed by atoms with van der Waals surface area (Å²) in [5.41, 5.74) is 2.94. The van der Waals surface area contributed by atoms with Crippen LogP contribution in [-0.2, 0) is 9.53 Å². The molecule has 0 bridgehead atoms. The van der Waals surface area contributed by atoms with Gasteiger partial charge in [0.25, 0.3) is 0 Å². The molecule has 0 saturated carbocycles. The molecule has 0 radical (unpaired) electrons. The second-order valence-electron chi connectivity index (χ2n) is 6.04. The number of terminal acetylenes is 1. The van der Waals surface area contributed by atoms with E-state index in [2.05, 4.69) is 21.2 Å². The number of rotatable bonds is 4. The van der Waals surface area contributed by atoms with Gasteiger partial charge < -0.3 is 10.1 Å². The number of amidine groups is 1. The number of aryl methyl sites for hydroxylation is 1. The van der Waals surface area contributed by atoms with Crippen LogP contribution in [0.5, 0.6) is 0 Å². The van der Waals surface area contributed by atoms with E-state index in [1.54, 1.807) is 32.2 Å². The minimum Gasteiger partial charge on any atom is -0.449 e. The summed E-state index contributed by atoms with van der Waals surface area (Å²) in [6.07, 6.45) is 6.85. The average Bonchev–Trinajstić information content (AvgIpc) is 2.66. The number of aliphatic imine (C=N–C) groups is 1. The molecule has 0 fully saturated rings. The molecule has 0 spiro atoms. The van der Waals surface area contributed by atoms with Gasteiger partial charge in [-0.2, -0.15) is 0 Å². The molecule has 6 heteroatoms. The molecule has 0 aliphatic carbocycles. The zero-order valence-electron chi connectivity index (χ0n) is 15.0. The minimum atomic E-state index is -0.658. The molecule has 2 heterocycles. The van der Waals surface area contributed by atoms with Gasteiger partial charge in [-0.25, -0.2) is 9.18 Å². The molecule has 136 valence electrons. The molecule has 3 rings (SSSR count). The van der Waals surface area contributed by atoms with Gasteiger partial charge in [0, 0.05) is 11.9 Å². The van der Waals surface area contributed by atoms with Gasteiger partial charge in [-0.15, -0.1) is 6.42 Å². The molecule has 0 saturated heterocycles. The standard InChI is InChI=1S/C21H18FN3O2/c1-4-11-27-21(26)18-14(3)24-20(17-7-5-6-10-23-17)25-19(18)16-9-8-15(22)12-13(16)2/h1,5-10,12,19H,11H2,2-3H3,(H,24,25). The van der Waals surface area contributed by atoms with E-state index < -0.39 is 12.0 Å². The van der Waals surface area contributed by atoms with Crippen molar-refractivity contribution in [3.05, 3.63) is 76.5 Å². The summed E-state index contributed by atoms with van der Waals surface area (Å²) in [6.45, 7) is 3.40. The van der Waals surface area contributed by atoms with Crippen molar-refractivity contribution < 1.29 is 13.9 Å². The van der Waals surface area contributed by atoms with Gasteiger partial charge >= 0.3 is 5.97 Å². The number of nitrogens with zero attached hydrogens (tertiary/aromatic N) is 2. The summed E-state index contributed by atoms with van der Waals surface area (Å²) in [7, 11) is 0. The zero-order valence-corrected chi connectivity index (χ0v) is 15.0. The molecule has 1 aliphatic heterocycles. The molecular weight excluding hydrogens is 345 g/mol. The van der Waals surface area contributed by atoms with E-state index in [4.69, 9.17) is 11.2 Å². The Morgan fingerprint density at radius 2 is 2.15 bits per heavy atom. The van der Waals surface area contributed by atoms with Crippen LogP contribution in [0.2, 0.25) is 0 Å². The Bertz CT molecular complexity index is 975. The third-order valence-electron chi connectivity index (χ3n) is 4.18. The highest BCUT2D eigenvalue weighted by Crippen LogP contribution is 2.34. The quantitative estimate of drug-likeness (QED) is 0.670. The van der Waals surface area contributed by atoms with Crippen molar-refractivity contribution in [1.29, 1.82) is 0 Å². The van der Waals surface area contributed by atoms with Crippen LogP contribution in [-0.4, -0.2) is 23.4 Å². The first kappa shape index (κ1) is 18.3. The average molecular weight is 363 g/mol. The highest BCUT2D eigenvalue weighted by Gasteiger charge is 2.31. The van der Waals surface area contributed by atoms with Crippen LogP contribution in [0.25, 0.3) is 0 Å². The number of benzene rings is 1. The molecule has 2 aromatic rings. The molecule has 1 aliphatic rings. The number of carbonyl (C=O) groups is 1. The molecule has 1 aromatic carbocycles. The van der Waals surface area contributed by atoms with Crippen LogP contribution in [0.1, 0.15) is 29.8 Å². The van der Waals surface area contributed by atoms with Crippen LogP contribution in [0.4, 0.5) is 4.39 Å². The van der Waals surface area contributed by atoms with Gasteiger partial charge in [-0.1, -0.05) is 18.1 Å². The van der Waals surface area contributed by atoms with E-state index in [-0.39, 0.29) is 12.4 Å². The summed E-state index contributed by atoms with van der Waals surface area (Å²) in [5.74, 6) is 1.89. The maximum Gasteiger partial charge on any atom is 0.339 e. The largest absolute Gasteiger partial charge is 0.449 e. The van der Waals surface area contributed by atoms with E-state index >= 15 is 0 Å². The number of carbonyl (C=O) groups excluding carboxylic acids is 1. The molecule has 0 amide bonds. The lowest BCUT2D eigenvalue weighted by atomic mass is 9.92. The smallest absolute Gasteiger partial charge is 0.339 e. The third-order valence-corrected chi connectivity index (χ3v) is 4.18. The summed E-state index contributed by atoms with van der Waals surface area (Å²) < 4.78 is 18.7. The minimum absolute atomic E-state index is 0.137. The number of ether oxygens (including phenoxy) is 1. The van der Waals surface area contributed by atoms with Gasteiger partial charge in [0.15, 0.2) is 12.4 Å². The molecule has 1 N–H and O–H groups in total. The fraction of sp³-hybridized carbons (Fsp3) is 0.190. The van der Waals surface area contributed by atoms with Crippen molar-refractivity contribution in [3.8, 4) is 12.3 Å². The lowest BCUT2D eigenvalue weighted by molar-refractivity contribution is -0.138. The van der Waals surface area contributed by atoms with Crippen LogP contribution in [0.3, 0.4) is 0 Å². The molecule has 5 nitrogen and oxygen atoms in total. The fourth-order valence-corrected chi connectivity index (χ4v) is 2.93. The Kier molecular flexibility index (Phi) is 5.32. The number of hydrogen-bond acceptors (Lipinski definition) is 5. The van der Waals surface area contributed by atoms with Crippen LogP contribution >= 0.6 is 0 Å². The van der Waals surface area contributed by atoms with Crippen LogP contribution < -0.4 is 5.32 Å². The van der Waals surface area contributed by atoms with Crippen LogP contribution in [0, 0.1) is 25.1 Å². The topological polar surface area (TPSA) is 63.6 Å². The van der Waals surface area contributed by atoms with E-state index in [1.807, 2.05) is 12.1 Å². The number of esters is 1. The number of aromatic nitrogens is 1. The monoisotopic (exact) mass is 363 g/mol. The summed E-state index contributed by atoms with van der Waals surface area (Å²) in [5, 5.41) is 3.11. The maximum absolute atomic E-state index is 13.6. The highest BCUT2D eigenvalue weighted by molar-refractivity contribution is 6.02. The first-order chi connectivity index (χ1) is 13.0. The Labute approximate surface area is 157 Å². The van der Waals surface area contributed by atoms with Gasteiger partial charge in [0.2, 0.25) is 0 Å². The van der Waals surface area contributed by atoms with Gasteiger partial charge in [-0.3, -0.25) is 9.98 Å². The Morgan fingerprint density at radius 1 is 1.33 bits per heavy atom. The van der Waals surface area contributed by atoms with E-state index in [0.29, 0.717) is 33.9 Å². The SMILES string of the molecule is C#CCOC(=O)C1=C(C)NC(c2ccccn2)=NC1c1ccc(F)cc1C. The normalized spacial score (nSPS) is 16.2. The second kappa shape index (κ2) is 7.83. The number of pyridine rings is 1. The molecular formula is C21H18FN3O2. The van der Waals surface area contributed by atoms with E-state index in [1.165, 1.54) is 12.1 Å². The number of hydrogen-bond donors (Lipinski definition) is 1.